The van der Waals surface area contributed by atoms with Crippen molar-refractivity contribution in [2.24, 2.45) is 16.1 Å². The van der Waals surface area contributed by atoms with Crippen molar-refractivity contribution < 1.29 is 8.78 Å². The monoisotopic (exact) mass is 352 g/mol. The van der Waals surface area contributed by atoms with Crippen LogP contribution in [0.5, 0.6) is 0 Å². The largest absolute Gasteiger partial charge is 0.331 e. The van der Waals surface area contributed by atoms with Gasteiger partial charge in [-0.15, -0.1) is 5.10 Å². The number of amidine groups is 1. The van der Waals surface area contributed by atoms with E-state index in [9.17, 15) is 8.78 Å². The minimum absolute atomic E-state index is 0.0799. The zero-order valence-electron chi connectivity index (χ0n) is 14.1. The summed E-state index contributed by atoms with van der Waals surface area (Å²) in [5.41, 5.74) is 3.04. The average Bonchev–Trinajstić information content (AvgIpc) is 3.27. The third-order valence-electron chi connectivity index (χ3n) is 4.79. The molecule has 0 bridgehead atoms. The number of halogens is 2. The van der Waals surface area contributed by atoms with Crippen molar-refractivity contribution in [2.45, 2.75) is 18.8 Å². The van der Waals surface area contributed by atoms with Crippen LogP contribution in [0, 0.1) is 5.92 Å². The van der Waals surface area contributed by atoms with Crippen LogP contribution in [0.2, 0.25) is 0 Å². The molecular weight excluding hydrogens is 334 g/mol. The minimum atomic E-state index is -2.57. The molecule has 1 unspecified atom stereocenters. The van der Waals surface area contributed by atoms with E-state index >= 15 is 0 Å². The number of nitrogens with zero attached hydrogens (tertiary/aromatic N) is 4. The van der Waals surface area contributed by atoms with E-state index < -0.39 is 11.8 Å². The van der Waals surface area contributed by atoms with E-state index in [-0.39, 0.29) is 12.8 Å². The number of benzene rings is 1. The molecule has 1 atom stereocenters. The standard InChI is InChI=1S/C20H18F2N4/c1-23-25-18(12-16-13-20(16,21)22)26-10-7-14(8-11-26)17-6-2-4-15-5-3-9-24-19(15)17/h2-10,16H,1,11-13H2/b25-18-. The third kappa shape index (κ3) is 3.14. The molecule has 1 aromatic carbocycles. The first-order valence-corrected chi connectivity index (χ1v) is 8.48. The second-order valence-corrected chi connectivity index (χ2v) is 6.53. The van der Waals surface area contributed by atoms with E-state index in [1.165, 1.54) is 0 Å². The molecule has 0 radical (unpaired) electrons. The van der Waals surface area contributed by atoms with Gasteiger partial charge in [0.2, 0.25) is 0 Å². The highest BCUT2D eigenvalue weighted by Gasteiger charge is 2.57. The van der Waals surface area contributed by atoms with Gasteiger partial charge >= 0.3 is 0 Å². The molecule has 4 nitrogen and oxygen atoms in total. The third-order valence-corrected chi connectivity index (χ3v) is 4.79. The number of allylic oxidation sites excluding steroid dienone is 2. The first-order valence-electron chi connectivity index (χ1n) is 8.48. The molecule has 2 aromatic rings. The molecular formula is C20H18F2N4. The lowest BCUT2D eigenvalue weighted by molar-refractivity contribution is 0.0998. The van der Waals surface area contributed by atoms with E-state index in [2.05, 4.69) is 21.9 Å². The van der Waals surface area contributed by atoms with Gasteiger partial charge in [0.25, 0.3) is 5.92 Å². The fourth-order valence-corrected chi connectivity index (χ4v) is 3.23. The molecule has 2 aliphatic rings. The average molecular weight is 352 g/mol. The maximum atomic E-state index is 13.2. The first-order chi connectivity index (χ1) is 12.6. The number of pyridine rings is 1. The van der Waals surface area contributed by atoms with Crippen LogP contribution in [0.15, 0.2) is 65.1 Å². The number of para-hydroxylation sites is 1. The predicted molar refractivity (Wildman–Crippen MR) is 100 cm³/mol. The van der Waals surface area contributed by atoms with Crippen molar-refractivity contribution in [3.63, 3.8) is 0 Å². The molecule has 26 heavy (non-hydrogen) atoms. The summed E-state index contributed by atoms with van der Waals surface area (Å²) >= 11 is 0. The smallest absolute Gasteiger partial charge is 0.252 e. The number of rotatable bonds is 4. The van der Waals surface area contributed by atoms with E-state index in [0.29, 0.717) is 12.4 Å². The molecule has 0 N–H and O–H groups in total. The maximum Gasteiger partial charge on any atom is 0.252 e. The van der Waals surface area contributed by atoms with Crippen molar-refractivity contribution in [1.82, 2.24) is 9.88 Å². The van der Waals surface area contributed by atoms with Crippen LogP contribution in [0.3, 0.4) is 0 Å². The number of hydrogen-bond acceptors (Lipinski definition) is 3. The molecule has 0 spiro atoms. The van der Waals surface area contributed by atoms with Crippen LogP contribution in [0.1, 0.15) is 18.4 Å². The van der Waals surface area contributed by atoms with E-state index in [0.717, 1.165) is 22.0 Å². The van der Waals surface area contributed by atoms with Gasteiger partial charge in [-0.25, -0.2) is 8.78 Å². The molecule has 1 aliphatic heterocycles. The van der Waals surface area contributed by atoms with Crippen molar-refractivity contribution in [1.29, 1.82) is 0 Å². The molecule has 4 rings (SSSR count). The Morgan fingerprint density at radius 2 is 2.12 bits per heavy atom. The molecule has 1 aromatic heterocycles. The molecule has 132 valence electrons. The minimum Gasteiger partial charge on any atom is -0.331 e. The van der Waals surface area contributed by atoms with Crippen molar-refractivity contribution >= 4 is 29.0 Å². The van der Waals surface area contributed by atoms with Crippen LogP contribution in [0.25, 0.3) is 16.5 Å². The lowest BCUT2D eigenvalue weighted by Crippen LogP contribution is -2.28. The molecule has 1 aliphatic carbocycles. The van der Waals surface area contributed by atoms with Crippen LogP contribution in [-0.2, 0) is 0 Å². The summed E-state index contributed by atoms with van der Waals surface area (Å²) in [4.78, 5) is 6.32. The van der Waals surface area contributed by atoms with Crippen LogP contribution < -0.4 is 0 Å². The Hall–Kier alpha value is -2.89. The Morgan fingerprint density at radius 1 is 1.31 bits per heavy atom. The Labute approximate surface area is 150 Å². The molecule has 0 amide bonds. The van der Waals surface area contributed by atoms with Crippen LogP contribution in [0.4, 0.5) is 8.78 Å². The van der Waals surface area contributed by atoms with E-state index in [4.69, 9.17) is 0 Å². The van der Waals surface area contributed by atoms with Crippen LogP contribution in [-0.4, -0.2) is 34.9 Å². The van der Waals surface area contributed by atoms with Gasteiger partial charge in [-0.3, -0.25) is 4.98 Å². The van der Waals surface area contributed by atoms with Gasteiger partial charge in [-0.2, -0.15) is 5.10 Å². The lowest BCUT2D eigenvalue weighted by atomic mass is 10.00. The second-order valence-electron chi connectivity index (χ2n) is 6.53. The quantitative estimate of drug-likeness (QED) is 0.462. The Kier molecular flexibility index (Phi) is 4.11. The summed E-state index contributed by atoms with van der Waals surface area (Å²) in [5, 5.41) is 8.60. The summed E-state index contributed by atoms with van der Waals surface area (Å²) in [6.45, 7) is 3.90. The molecule has 1 saturated carbocycles. The number of hydrogen-bond donors (Lipinski definition) is 0. The van der Waals surface area contributed by atoms with Gasteiger partial charge in [0.05, 0.1) is 5.52 Å². The maximum absolute atomic E-state index is 13.2. The van der Waals surface area contributed by atoms with Crippen molar-refractivity contribution in [3.8, 4) is 0 Å². The van der Waals surface area contributed by atoms with Gasteiger partial charge in [-0.05, 0) is 17.7 Å². The zero-order valence-corrected chi connectivity index (χ0v) is 14.1. The summed E-state index contributed by atoms with van der Waals surface area (Å²) in [7, 11) is 0. The highest BCUT2D eigenvalue weighted by atomic mass is 19.3. The number of alkyl halides is 2. The van der Waals surface area contributed by atoms with Crippen molar-refractivity contribution in [3.05, 3.63) is 60.4 Å². The highest BCUT2D eigenvalue weighted by Crippen LogP contribution is 2.51. The molecule has 0 saturated heterocycles. The molecule has 2 heterocycles. The summed E-state index contributed by atoms with van der Waals surface area (Å²) in [6, 6.07) is 10.0. The van der Waals surface area contributed by atoms with Gasteiger partial charge < -0.3 is 4.90 Å². The van der Waals surface area contributed by atoms with Gasteiger partial charge in [0.1, 0.15) is 5.84 Å². The van der Waals surface area contributed by atoms with Gasteiger partial charge in [0, 0.05) is 55.4 Å². The Balaban J connectivity index is 1.55. The first kappa shape index (κ1) is 16.6. The lowest BCUT2D eigenvalue weighted by Gasteiger charge is -2.24. The summed E-state index contributed by atoms with van der Waals surface area (Å²) < 4.78 is 26.5. The number of aromatic nitrogens is 1. The summed E-state index contributed by atoms with van der Waals surface area (Å²) in [6.07, 6.45) is 7.77. The highest BCUT2D eigenvalue weighted by molar-refractivity contribution is 5.94. The number of fused-ring (bicyclic) bond motifs is 1. The van der Waals surface area contributed by atoms with E-state index in [1.54, 1.807) is 6.20 Å². The fraction of sp³-hybridized carbons (Fsp3) is 0.250. The normalized spacial score (nSPS) is 21.6. The van der Waals surface area contributed by atoms with Gasteiger partial charge in [-0.1, -0.05) is 30.3 Å². The van der Waals surface area contributed by atoms with Gasteiger partial charge in [0.15, 0.2) is 0 Å². The van der Waals surface area contributed by atoms with Crippen LogP contribution >= 0.6 is 0 Å². The Bertz CT molecular complexity index is 940. The SMILES string of the molecule is C=N/N=C(/CC1CC1(F)F)N1C=CC(c2cccc3cccnc23)=CC1. The predicted octanol–water partition coefficient (Wildman–Crippen LogP) is 4.51. The zero-order chi connectivity index (χ0) is 18.1. The van der Waals surface area contributed by atoms with Crippen molar-refractivity contribution in [2.75, 3.05) is 6.54 Å². The fourth-order valence-electron chi connectivity index (χ4n) is 3.23. The van der Waals surface area contributed by atoms with E-state index in [1.807, 2.05) is 53.6 Å². The molecule has 1 fully saturated rings. The molecule has 6 heteroatoms. The summed E-state index contributed by atoms with van der Waals surface area (Å²) in [5.74, 6) is -2.70. The second kappa shape index (κ2) is 6.44. The topological polar surface area (TPSA) is 40.9 Å². The Morgan fingerprint density at radius 3 is 2.81 bits per heavy atom.